The van der Waals surface area contributed by atoms with E-state index in [9.17, 15) is 87.8 Å². The predicted molar refractivity (Wildman–Crippen MR) is 107 cm³/mol. The third kappa shape index (κ3) is 29.0. The van der Waals surface area contributed by atoms with Crippen LogP contribution in [0.3, 0.4) is 0 Å². The second-order valence-electron chi connectivity index (χ2n) is 5.91. The van der Waals surface area contributed by atoms with E-state index < -0.39 is 63.8 Å². The summed E-state index contributed by atoms with van der Waals surface area (Å²) in [5.74, 6) is -4.56. The SMILES string of the molecule is C=C(Cl)C(F)(F)F.CC(F)(Cl)C(F)(F)F.CC(F)(F)C(F)(F)F.FC(F)(F)C(Cl)=CCl.FC(F)C(Cl)C(F)(F)F. The Morgan fingerprint density at radius 1 is 0.650 bits per heavy atom. The molecule has 0 amide bonds. The minimum absolute atomic E-state index is 0.188. The van der Waals surface area contributed by atoms with Crippen molar-refractivity contribution in [2.75, 3.05) is 0 Å². The quantitative estimate of drug-likeness (QED) is 0.185. The lowest BCUT2D eigenvalue weighted by atomic mass is 10.4. The Labute approximate surface area is 235 Å². The Hall–Kier alpha value is -0.470. The molecule has 2 atom stereocenters. The molecule has 0 fully saturated rings. The zero-order valence-corrected chi connectivity index (χ0v) is 22.2. The largest absolute Gasteiger partial charge is 0.452 e. The normalized spacial score (nSPS) is 15.4. The number of halogens is 25. The molecule has 246 valence electrons. The molecule has 0 spiro atoms. The van der Waals surface area contributed by atoms with Crippen molar-refractivity contribution in [3.05, 3.63) is 22.2 Å². The second kappa shape index (κ2) is 18.3. The van der Waals surface area contributed by atoms with Crippen molar-refractivity contribution in [3.8, 4) is 0 Å². The van der Waals surface area contributed by atoms with Gasteiger partial charge in [0.05, 0.1) is 0 Å². The number of allylic oxidation sites excluding steroid dienone is 2. The first-order chi connectivity index (χ1) is 16.8. The molecule has 0 saturated carbocycles. The van der Waals surface area contributed by atoms with Crippen LogP contribution in [-0.4, -0.2) is 53.7 Å². The van der Waals surface area contributed by atoms with Crippen LogP contribution in [0.5, 0.6) is 0 Å². The van der Waals surface area contributed by atoms with Gasteiger partial charge in [-0.3, -0.25) is 0 Å². The molecule has 0 heterocycles. The molecule has 0 radical (unpaired) electrons. The van der Waals surface area contributed by atoms with Gasteiger partial charge in [-0.2, -0.15) is 74.6 Å². The maximum atomic E-state index is 11.5. The summed E-state index contributed by atoms with van der Waals surface area (Å²) in [5.41, 5.74) is 0.279. The fourth-order valence-corrected chi connectivity index (χ4v) is 0.328. The summed E-state index contributed by atoms with van der Waals surface area (Å²) < 4.78 is 221. The molecule has 0 aliphatic carbocycles. The summed E-state index contributed by atoms with van der Waals surface area (Å²) in [6.07, 6.45) is -27.8. The van der Waals surface area contributed by atoms with Crippen LogP contribution in [0, 0.1) is 0 Å². The van der Waals surface area contributed by atoms with E-state index >= 15 is 0 Å². The van der Waals surface area contributed by atoms with Gasteiger partial charge in [0.1, 0.15) is 10.1 Å². The highest BCUT2D eigenvalue weighted by Gasteiger charge is 2.53. The Kier molecular flexibility index (Phi) is 22.5. The van der Waals surface area contributed by atoms with Crippen molar-refractivity contribution in [3.63, 3.8) is 0 Å². The van der Waals surface area contributed by atoms with Crippen molar-refractivity contribution in [2.24, 2.45) is 0 Å². The lowest BCUT2D eigenvalue weighted by Crippen LogP contribution is -2.32. The van der Waals surface area contributed by atoms with Crippen LogP contribution >= 0.6 is 58.0 Å². The summed E-state index contributed by atoms with van der Waals surface area (Å²) in [4.78, 5) is 0. The molecule has 40 heavy (non-hydrogen) atoms. The molecule has 0 N–H and O–H groups in total. The van der Waals surface area contributed by atoms with Gasteiger partial charge in [-0.1, -0.05) is 53.0 Å². The zero-order valence-electron chi connectivity index (χ0n) is 18.4. The molecule has 0 aliphatic heterocycles. The first-order valence-corrected chi connectivity index (χ1v) is 10.1. The Balaban J connectivity index is -0.000000128. The molecule has 0 aromatic heterocycles. The van der Waals surface area contributed by atoms with Crippen molar-refractivity contribution >= 4 is 58.0 Å². The van der Waals surface area contributed by atoms with Crippen LogP contribution in [0.25, 0.3) is 0 Å². The minimum Gasteiger partial charge on any atom is -0.216 e. The number of hydrogen-bond donors (Lipinski definition) is 0. The fraction of sp³-hybridized carbons (Fsp3) is 0.733. The lowest BCUT2D eigenvalue weighted by molar-refractivity contribution is -0.273. The monoisotopic (exact) mass is 746 g/mol. The smallest absolute Gasteiger partial charge is 0.216 e. The van der Waals surface area contributed by atoms with Gasteiger partial charge in [0.15, 0.2) is 5.38 Å². The molecule has 0 aliphatic rings. The predicted octanol–water partition coefficient (Wildman–Crippen LogP) is 12.3. The van der Waals surface area contributed by atoms with E-state index in [1.807, 2.05) is 0 Å². The summed E-state index contributed by atoms with van der Waals surface area (Å²) in [6.45, 7) is 2.52. The molecule has 0 aromatic rings. The standard InChI is InChI=1S/C3HCl2F3.C3H2ClF5.C3H3ClF4.C3H2ClF3.C3H3F5/c4-1-2(5)3(6,7)8;4-1(2(5)6)3(7,8)9;1-2(4,5)3(6,7)8;1-2(4)3(5,6)7;1-2(4,5)3(6,7)8/h1H;1-2H;1H3;1H2;1H3. The van der Waals surface area contributed by atoms with Gasteiger partial charge in [-0.15, -0.1) is 11.6 Å². The highest BCUT2D eigenvalue weighted by Crippen LogP contribution is 2.36. The summed E-state index contributed by atoms with van der Waals surface area (Å²) in [6, 6.07) is 0. The third-order valence-electron chi connectivity index (χ3n) is 2.20. The Bertz CT molecular complexity index is 668. The number of alkyl halides is 22. The molecule has 0 rings (SSSR count). The van der Waals surface area contributed by atoms with Crippen LogP contribution < -0.4 is 0 Å². The molecule has 2 unspecified atom stereocenters. The average molecular weight is 748 g/mol. The van der Waals surface area contributed by atoms with Gasteiger partial charge in [-0.05, 0) is 6.92 Å². The van der Waals surface area contributed by atoms with Crippen molar-refractivity contribution in [1.29, 1.82) is 0 Å². The molecule has 0 saturated heterocycles. The summed E-state index contributed by atoms with van der Waals surface area (Å²) >= 11 is 22.0. The van der Waals surface area contributed by atoms with Crippen LogP contribution in [0.15, 0.2) is 22.2 Å². The lowest BCUT2D eigenvalue weighted by Gasteiger charge is -2.14. The maximum absolute atomic E-state index is 11.5. The van der Waals surface area contributed by atoms with Gasteiger partial charge in [0, 0.05) is 12.5 Å². The van der Waals surface area contributed by atoms with Gasteiger partial charge >= 0.3 is 36.8 Å². The molecule has 25 heteroatoms. The van der Waals surface area contributed by atoms with Gasteiger partial charge in [-0.25, -0.2) is 13.2 Å². The summed E-state index contributed by atoms with van der Waals surface area (Å²) in [7, 11) is 0. The van der Waals surface area contributed by atoms with E-state index in [4.69, 9.17) is 0 Å². The van der Waals surface area contributed by atoms with Crippen molar-refractivity contribution in [1.82, 2.24) is 0 Å². The Morgan fingerprint density at radius 2 is 0.875 bits per heavy atom. The highest BCUT2D eigenvalue weighted by molar-refractivity contribution is 6.37. The van der Waals surface area contributed by atoms with E-state index in [2.05, 4.69) is 64.6 Å². The Morgan fingerprint density at radius 3 is 0.875 bits per heavy atom. The van der Waals surface area contributed by atoms with E-state index in [1.165, 1.54) is 0 Å². The van der Waals surface area contributed by atoms with Gasteiger partial charge < -0.3 is 0 Å². The first kappa shape index (κ1) is 49.2. The van der Waals surface area contributed by atoms with Crippen molar-refractivity contribution in [2.45, 2.75) is 67.6 Å². The maximum Gasteiger partial charge on any atom is 0.452 e. The van der Waals surface area contributed by atoms with Crippen LogP contribution in [0.2, 0.25) is 0 Å². The van der Waals surface area contributed by atoms with Gasteiger partial charge in [0.2, 0.25) is 0 Å². The zero-order chi connectivity index (χ0) is 34.5. The van der Waals surface area contributed by atoms with Crippen molar-refractivity contribution < 1.29 is 87.8 Å². The molecule has 0 aromatic carbocycles. The van der Waals surface area contributed by atoms with E-state index in [0.29, 0.717) is 0 Å². The fourth-order valence-electron chi connectivity index (χ4n) is 0.205. The minimum atomic E-state index is -5.40. The molecule has 0 nitrogen and oxygen atoms in total. The van der Waals surface area contributed by atoms with Crippen LogP contribution in [0.4, 0.5) is 87.8 Å². The van der Waals surface area contributed by atoms with E-state index in [1.54, 1.807) is 0 Å². The highest BCUT2D eigenvalue weighted by atomic mass is 35.5. The third-order valence-corrected chi connectivity index (χ3v) is 3.72. The van der Waals surface area contributed by atoms with Crippen LogP contribution in [0.1, 0.15) is 13.8 Å². The first-order valence-electron chi connectivity index (χ1n) is 8.11. The molecular weight excluding hydrogens is 737 g/mol. The topological polar surface area (TPSA) is 0 Å². The van der Waals surface area contributed by atoms with E-state index in [-0.39, 0.29) is 19.4 Å². The molecular formula is C15H11Cl5F20. The number of hydrogen-bond acceptors (Lipinski definition) is 0. The average Bonchev–Trinajstić information content (AvgIpc) is 2.63. The number of rotatable bonds is 1. The second-order valence-corrected chi connectivity index (χ2v) is 8.17. The van der Waals surface area contributed by atoms with Gasteiger partial charge in [0.25, 0.3) is 11.6 Å². The summed E-state index contributed by atoms with van der Waals surface area (Å²) in [5, 5.41) is -9.23. The van der Waals surface area contributed by atoms with Crippen LogP contribution in [-0.2, 0) is 0 Å². The molecule has 0 bridgehead atoms. The van der Waals surface area contributed by atoms with E-state index in [0.717, 1.165) is 0 Å².